The smallest absolute Gasteiger partial charge is 0.241 e. The molecule has 0 saturated heterocycles. The highest BCUT2D eigenvalue weighted by atomic mass is 79.9. The van der Waals surface area contributed by atoms with E-state index in [-0.39, 0.29) is 11.7 Å². The first-order valence-electron chi connectivity index (χ1n) is 6.32. The van der Waals surface area contributed by atoms with Crippen LogP contribution in [0.1, 0.15) is 39.5 Å². The van der Waals surface area contributed by atoms with Crippen LogP contribution in [0.4, 0.5) is 5.69 Å². The van der Waals surface area contributed by atoms with E-state index in [4.69, 9.17) is 0 Å². The van der Waals surface area contributed by atoms with Crippen LogP contribution in [-0.2, 0) is 4.79 Å². The Kier molecular flexibility index (Phi) is 5.66. The number of benzene rings is 1. The molecule has 18 heavy (non-hydrogen) atoms. The van der Waals surface area contributed by atoms with Gasteiger partial charge in [0.25, 0.3) is 0 Å². The van der Waals surface area contributed by atoms with E-state index in [1.54, 1.807) is 24.3 Å². The highest BCUT2D eigenvalue weighted by Crippen LogP contribution is 2.32. The molecule has 4 heteroatoms. The monoisotopic (exact) mass is 313 g/mol. The summed E-state index contributed by atoms with van der Waals surface area (Å²) in [6.07, 6.45) is 3.55. The average Bonchev–Trinajstić information content (AvgIpc) is 2.38. The third kappa shape index (κ3) is 3.73. The van der Waals surface area contributed by atoms with Crippen molar-refractivity contribution in [2.75, 3.05) is 5.32 Å². The van der Waals surface area contributed by atoms with Gasteiger partial charge in [-0.25, -0.2) is 0 Å². The molecule has 1 rings (SSSR count). The lowest BCUT2D eigenvalue weighted by Gasteiger charge is -2.25. The number of amides is 1. The number of unbranched alkanes of at least 4 members (excludes halogenated alkanes) is 1. The summed E-state index contributed by atoms with van der Waals surface area (Å²) in [6.45, 7) is 4.08. The third-order valence-corrected chi connectivity index (χ3v) is 4.36. The lowest BCUT2D eigenvalue weighted by Crippen LogP contribution is -2.36. The molecule has 0 aliphatic carbocycles. The number of nitrogens with one attached hydrogen (secondary N) is 1. The third-order valence-electron chi connectivity index (χ3n) is 3.05. The van der Waals surface area contributed by atoms with E-state index in [0.717, 1.165) is 19.3 Å². The van der Waals surface area contributed by atoms with E-state index >= 15 is 0 Å². The van der Waals surface area contributed by atoms with E-state index in [0.29, 0.717) is 12.1 Å². The molecule has 0 spiro atoms. The first-order chi connectivity index (χ1) is 8.53. The maximum atomic E-state index is 12.3. The summed E-state index contributed by atoms with van der Waals surface area (Å²) in [4.78, 5) is 12.3. The summed E-state index contributed by atoms with van der Waals surface area (Å²) in [6, 6.07) is 6.76. The normalized spacial score (nSPS) is 13.9. The Bertz CT molecular complexity index is 409. The number of hydrogen-bond donors (Lipinski definition) is 2. The van der Waals surface area contributed by atoms with Crippen molar-refractivity contribution < 1.29 is 9.90 Å². The number of alkyl halides is 1. The van der Waals surface area contributed by atoms with Gasteiger partial charge in [0, 0.05) is 0 Å². The van der Waals surface area contributed by atoms with Crippen LogP contribution in [0.15, 0.2) is 24.3 Å². The van der Waals surface area contributed by atoms with Crippen LogP contribution in [0.3, 0.4) is 0 Å². The second kappa shape index (κ2) is 6.78. The molecule has 1 aromatic rings. The number of phenols is 1. The second-order valence-electron chi connectivity index (χ2n) is 4.39. The van der Waals surface area contributed by atoms with Crippen molar-refractivity contribution in [2.45, 2.75) is 43.9 Å². The van der Waals surface area contributed by atoms with Crippen molar-refractivity contribution in [3.63, 3.8) is 0 Å². The molecule has 1 amide bonds. The molecule has 0 unspecified atom stereocenters. The van der Waals surface area contributed by atoms with E-state index in [1.165, 1.54) is 0 Å². The van der Waals surface area contributed by atoms with Gasteiger partial charge >= 0.3 is 0 Å². The molecule has 1 aromatic carbocycles. The molecular formula is C14H20BrNO2. The molecule has 3 nitrogen and oxygen atoms in total. The SMILES string of the molecule is CCCC[C@](Br)(CC)C(=O)Nc1ccccc1O. The minimum absolute atomic E-state index is 0.0901. The number of carbonyl (C=O) groups excluding carboxylic acids is 1. The average molecular weight is 314 g/mol. The molecule has 0 aromatic heterocycles. The van der Waals surface area contributed by atoms with Gasteiger partial charge in [-0.15, -0.1) is 0 Å². The fourth-order valence-corrected chi connectivity index (χ4v) is 2.10. The van der Waals surface area contributed by atoms with Crippen molar-refractivity contribution >= 4 is 27.5 Å². The van der Waals surface area contributed by atoms with Gasteiger partial charge in [-0.1, -0.05) is 54.8 Å². The maximum absolute atomic E-state index is 12.3. The highest BCUT2D eigenvalue weighted by Gasteiger charge is 2.33. The van der Waals surface area contributed by atoms with Gasteiger partial charge in [0.1, 0.15) is 10.1 Å². The fraction of sp³-hybridized carbons (Fsp3) is 0.500. The zero-order chi connectivity index (χ0) is 13.6. The van der Waals surface area contributed by atoms with Gasteiger partial charge in [-0.05, 0) is 25.0 Å². The summed E-state index contributed by atoms with van der Waals surface area (Å²) in [5, 5.41) is 12.4. The Morgan fingerprint density at radius 1 is 1.39 bits per heavy atom. The molecule has 0 aliphatic rings. The van der Waals surface area contributed by atoms with Crippen LogP contribution in [0, 0.1) is 0 Å². The van der Waals surface area contributed by atoms with E-state index in [1.807, 2.05) is 6.92 Å². The predicted octanol–water partition coefficient (Wildman–Crippen LogP) is 4.06. The minimum Gasteiger partial charge on any atom is -0.506 e. The van der Waals surface area contributed by atoms with Crippen molar-refractivity contribution in [1.82, 2.24) is 0 Å². The van der Waals surface area contributed by atoms with Gasteiger partial charge in [-0.2, -0.15) is 0 Å². The Morgan fingerprint density at radius 3 is 2.61 bits per heavy atom. The van der Waals surface area contributed by atoms with Crippen LogP contribution in [-0.4, -0.2) is 15.3 Å². The van der Waals surface area contributed by atoms with Crippen molar-refractivity contribution in [3.05, 3.63) is 24.3 Å². The summed E-state index contributed by atoms with van der Waals surface area (Å²) < 4.78 is -0.550. The minimum atomic E-state index is -0.550. The largest absolute Gasteiger partial charge is 0.506 e. The number of anilines is 1. The molecule has 0 saturated carbocycles. The highest BCUT2D eigenvalue weighted by molar-refractivity contribution is 9.10. The molecule has 0 heterocycles. The second-order valence-corrected chi connectivity index (χ2v) is 5.91. The van der Waals surface area contributed by atoms with E-state index in [2.05, 4.69) is 28.2 Å². The fourth-order valence-electron chi connectivity index (χ4n) is 1.72. The van der Waals surface area contributed by atoms with E-state index < -0.39 is 4.32 Å². The molecular weight excluding hydrogens is 294 g/mol. The zero-order valence-corrected chi connectivity index (χ0v) is 12.5. The lowest BCUT2D eigenvalue weighted by atomic mass is 9.98. The molecule has 100 valence electrons. The Hall–Kier alpha value is -1.03. The Labute approximate surface area is 117 Å². The first-order valence-corrected chi connectivity index (χ1v) is 7.11. The quantitative estimate of drug-likeness (QED) is 0.614. The topological polar surface area (TPSA) is 49.3 Å². The van der Waals surface area contributed by atoms with Gasteiger partial charge in [0.2, 0.25) is 5.91 Å². The molecule has 0 radical (unpaired) electrons. The van der Waals surface area contributed by atoms with Crippen LogP contribution in [0.2, 0.25) is 0 Å². The van der Waals surface area contributed by atoms with Crippen molar-refractivity contribution in [1.29, 1.82) is 0 Å². The van der Waals surface area contributed by atoms with Crippen LogP contribution in [0.5, 0.6) is 5.75 Å². The molecule has 0 aliphatic heterocycles. The molecule has 1 atom stereocenters. The zero-order valence-electron chi connectivity index (χ0n) is 10.9. The lowest BCUT2D eigenvalue weighted by molar-refractivity contribution is -0.118. The van der Waals surface area contributed by atoms with Gasteiger partial charge in [0.05, 0.1) is 5.69 Å². The molecule has 2 N–H and O–H groups in total. The van der Waals surface area contributed by atoms with Crippen molar-refractivity contribution in [2.24, 2.45) is 0 Å². The number of hydrogen-bond acceptors (Lipinski definition) is 2. The van der Waals surface area contributed by atoms with E-state index in [9.17, 15) is 9.90 Å². The summed E-state index contributed by atoms with van der Waals surface area (Å²) in [5.41, 5.74) is 0.455. The summed E-state index contributed by atoms with van der Waals surface area (Å²) in [5.74, 6) is -0.00718. The van der Waals surface area contributed by atoms with Crippen LogP contribution >= 0.6 is 15.9 Å². The number of phenolic OH excluding ortho intramolecular Hbond substituents is 1. The van der Waals surface area contributed by atoms with Crippen LogP contribution in [0.25, 0.3) is 0 Å². The number of para-hydroxylation sites is 2. The predicted molar refractivity (Wildman–Crippen MR) is 78.2 cm³/mol. The molecule has 0 fully saturated rings. The number of halogens is 1. The summed E-state index contributed by atoms with van der Waals surface area (Å²) >= 11 is 3.54. The standard InChI is InChI=1S/C14H20BrNO2/c1-3-5-10-14(15,4-2)13(18)16-11-8-6-7-9-12(11)17/h6-9,17H,3-5,10H2,1-2H3,(H,16,18)/t14-/m1/s1. The van der Waals surface area contributed by atoms with Gasteiger partial charge in [-0.3, -0.25) is 4.79 Å². The Balaban J connectivity index is 2.77. The van der Waals surface area contributed by atoms with Crippen molar-refractivity contribution in [3.8, 4) is 5.75 Å². The number of carbonyl (C=O) groups is 1. The number of rotatable bonds is 6. The Morgan fingerprint density at radius 2 is 2.06 bits per heavy atom. The van der Waals surface area contributed by atoms with Crippen LogP contribution < -0.4 is 5.32 Å². The summed E-state index contributed by atoms with van der Waals surface area (Å²) in [7, 11) is 0. The maximum Gasteiger partial charge on any atom is 0.241 e. The number of aromatic hydroxyl groups is 1. The van der Waals surface area contributed by atoms with Gasteiger partial charge in [0.15, 0.2) is 0 Å². The first kappa shape index (κ1) is 15.0. The van der Waals surface area contributed by atoms with Gasteiger partial charge < -0.3 is 10.4 Å². The molecule has 0 bridgehead atoms.